The Labute approximate surface area is 129 Å². The lowest BCUT2D eigenvalue weighted by molar-refractivity contribution is -0.116. The predicted octanol–water partition coefficient (Wildman–Crippen LogP) is 3.05. The van der Waals surface area contributed by atoms with E-state index in [1.165, 1.54) is 11.6 Å². The number of fused-ring (bicyclic) bond motifs is 1. The zero-order valence-electron chi connectivity index (χ0n) is 12.3. The van der Waals surface area contributed by atoms with E-state index in [4.69, 9.17) is 9.47 Å². The minimum Gasteiger partial charge on any atom is -0.454 e. The van der Waals surface area contributed by atoms with E-state index in [1.807, 2.05) is 49.4 Å². The van der Waals surface area contributed by atoms with Gasteiger partial charge in [0, 0.05) is 12.6 Å². The smallest absolute Gasteiger partial charge is 0.244 e. The summed E-state index contributed by atoms with van der Waals surface area (Å²) in [5, 5.41) is 2.86. The van der Waals surface area contributed by atoms with Crippen LogP contribution in [0.25, 0.3) is 6.08 Å². The van der Waals surface area contributed by atoms with E-state index in [2.05, 4.69) is 5.32 Å². The maximum Gasteiger partial charge on any atom is 0.244 e. The molecule has 0 unspecified atom stereocenters. The van der Waals surface area contributed by atoms with E-state index in [0.29, 0.717) is 12.3 Å². The summed E-state index contributed by atoms with van der Waals surface area (Å²) in [6.07, 6.45) is 3.28. The molecule has 112 valence electrons. The van der Waals surface area contributed by atoms with Gasteiger partial charge in [0.1, 0.15) is 0 Å². The quantitative estimate of drug-likeness (QED) is 0.882. The van der Waals surface area contributed by atoms with Crippen molar-refractivity contribution in [1.82, 2.24) is 5.32 Å². The van der Waals surface area contributed by atoms with Crippen molar-refractivity contribution in [2.45, 2.75) is 13.5 Å². The van der Waals surface area contributed by atoms with Crippen LogP contribution in [-0.2, 0) is 11.3 Å². The van der Waals surface area contributed by atoms with Gasteiger partial charge < -0.3 is 14.8 Å². The van der Waals surface area contributed by atoms with Gasteiger partial charge in [0.25, 0.3) is 0 Å². The number of benzene rings is 2. The van der Waals surface area contributed by atoms with Gasteiger partial charge in [-0.15, -0.1) is 0 Å². The molecule has 0 fully saturated rings. The zero-order chi connectivity index (χ0) is 15.4. The van der Waals surface area contributed by atoms with Gasteiger partial charge >= 0.3 is 0 Å². The molecule has 2 aromatic rings. The Kier molecular flexibility index (Phi) is 4.10. The van der Waals surface area contributed by atoms with Gasteiger partial charge in [-0.3, -0.25) is 4.79 Å². The summed E-state index contributed by atoms with van der Waals surface area (Å²) in [4.78, 5) is 11.8. The summed E-state index contributed by atoms with van der Waals surface area (Å²) in [6.45, 7) is 2.81. The fourth-order valence-electron chi connectivity index (χ4n) is 2.14. The van der Waals surface area contributed by atoms with Crippen molar-refractivity contribution in [2.75, 3.05) is 6.79 Å². The molecule has 1 aliphatic rings. The first kappa shape index (κ1) is 14.2. The van der Waals surface area contributed by atoms with Crippen molar-refractivity contribution >= 4 is 12.0 Å². The van der Waals surface area contributed by atoms with Gasteiger partial charge in [-0.25, -0.2) is 0 Å². The summed E-state index contributed by atoms with van der Waals surface area (Å²) in [6, 6.07) is 13.7. The molecule has 0 bridgehead atoms. The van der Waals surface area contributed by atoms with E-state index in [1.54, 1.807) is 6.08 Å². The van der Waals surface area contributed by atoms with Gasteiger partial charge in [0.15, 0.2) is 11.5 Å². The molecule has 4 heteroatoms. The number of ether oxygens (including phenoxy) is 2. The molecule has 0 radical (unpaired) electrons. The van der Waals surface area contributed by atoms with E-state index < -0.39 is 0 Å². The van der Waals surface area contributed by atoms with Crippen LogP contribution in [0.3, 0.4) is 0 Å². The third-order valence-electron chi connectivity index (χ3n) is 3.41. The molecular formula is C18H17NO3. The molecular weight excluding hydrogens is 278 g/mol. The number of rotatable bonds is 4. The van der Waals surface area contributed by atoms with Crippen molar-refractivity contribution in [3.63, 3.8) is 0 Å². The van der Waals surface area contributed by atoms with Crippen LogP contribution in [0.1, 0.15) is 16.7 Å². The van der Waals surface area contributed by atoms with Crippen LogP contribution in [0.15, 0.2) is 48.5 Å². The van der Waals surface area contributed by atoms with Crippen LogP contribution < -0.4 is 14.8 Å². The third-order valence-corrected chi connectivity index (χ3v) is 3.41. The summed E-state index contributed by atoms with van der Waals surface area (Å²) in [5.74, 6) is 1.32. The molecule has 0 saturated carbocycles. The number of carbonyl (C=O) groups excluding carboxylic acids is 1. The predicted molar refractivity (Wildman–Crippen MR) is 84.6 cm³/mol. The standard InChI is InChI=1S/C18H17NO3/c1-13-2-4-15(5-3-13)11-19-18(20)9-7-14-6-8-16-17(10-14)22-12-21-16/h2-10H,11-12H2,1H3,(H,19,20). The molecule has 22 heavy (non-hydrogen) atoms. The molecule has 1 aliphatic heterocycles. The average molecular weight is 295 g/mol. The Balaban J connectivity index is 1.56. The van der Waals surface area contributed by atoms with E-state index in [0.717, 1.165) is 16.9 Å². The van der Waals surface area contributed by atoms with E-state index >= 15 is 0 Å². The van der Waals surface area contributed by atoms with Crippen molar-refractivity contribution in [2.24, 2.45) is 0 Å². The number of nitrogens with one attached hydrogen (secondary N) is 1. The largest absolute Gasteiger partial charge is 0.454 e. The molecule has 0 spiro atoms. The number of hydrogen-bond acceptors (Lipinski definition) is 3. The lowest BCUT2D eigenvalue weighted by atomic mass is 10.1. The van der Waals surface area contributed by atoms with Crippen molar-refractivity contribution in [1.29, 1.82) is 0 Å². The van der Waals surface area contributed by atoms with Crippen LogP contribution in [0.5, 0.6) is 11.5 Å². The highest BCUT2D eigenvalue weighted by atomic mass is 16.7. The maximum atomic E-state index is 11.8. The lowest BCUT2D eigenvalue weighted by Crippen LogP contribution is -2.20. The molecule has 3 rings (SSSR count). The third kappa shape index (κ3) is 3.47. The van der Waals surface area contributed by atoms with Crippen LogP contribution >= 0.6 is 0 Å². The minimum atomic E-state index is -0.127. The fourth-order valence-corrected chi connectivity index (χ4v) is 2.14. The highest BCUT2D eigenvalue weighted by Crippen LogP contribution is 2.32. The van der Waals surface area contributed by atoms with Crippen molar-refractivity contribution in [3.8, 4) is 11.5 Å². The summed E-state index contributed by atoms with van der Waals surface area (Å²) in [5.41, 5.74) is 3.18. The van der Waals surface area contributed by atoms with E-state index in [-0.39, 0.29) is 12.7 Å². The number of hydrogen-bond donors (Lipinski definition) is 1. The highest BCUT2D eigenvalue weighted by molar-refractivity contribution is 5.91. The molecule has 0 aromatic heterocycles. The fraction of sp³-hybridized carbons (Fsp3) is 0.167. The van der Waals surface area contributed by atoms with Crippen LogP contribution in [-0.4, -0.2) is 12.7 Å². The lowest BCUT2D eigenvalue weighted by Gasteiger charge is -2.03. The first-order chi connectivity index (χ1) is 10.7. The normalized spacial score (nSPS) is 12.6. The molecule has 1 heterocycles. The molecule has 1 N–H and O–H groups in total. The Morgan fingerprint density at radius 1 is 1.14 bits per heavy atom. The Morgan fingerprint density at radius 2 is 1.91 bits per heavy atom. The van der Waals surface area contributed by atoms with Crippen molar-refractivity contribution < 1.29 is 14.3 Å². The molecule has 2 aromatic carbocycles. The van der Waals surface area contributed by atoms with Gasteiger partial charge in [0.05, 0.1) is 0 Å². The van der Waals surface area contributed by atoms with Gasteiger partial charge in [-0.05, 0) is 36.3 Å². The zero-order valence-corrected chi connectivity index (χ0v) is 12.3. The topological polar surface area (TPSA) is 47.6 Å². The van der Waals surface area contributed by atoms with Crippen LogP contribution in [0, 0.1) is 6.92 Å². The molecule has 4 nitrogen and oxygen atoms in total. The van der Waals surface area contributed by atoms with Crippen molar-refractivity contribution in [3.05, 3.63) is 65.2 Å². The Morgan fingerprint density at radius 3 is 2.73 bits per heavy atom. The Bertz CT molecular complexity index is 705. The second-order valence-corrected chi connectivity index (χ2v) is 5.15. The van der Waals surface area contributed by atoms with Gasteiger partial charge in [0.2, 0.25) is 12.7 Å². The minimum absolute atomic E-state index is 0.127. The van der Waals surface area contributed by atoms with E-state index in [9.17, 15) is 4.79 Å². The van der Waals surface area contributed by atoms with Gasteiger partial charge in [-0.1, -0.05) is 35.9 Å². The SMILES string of the molecule is Cc1ccc(CNC(=O)C=Cc2ccc3c(c2)OCO3)cc1. The number of amides is 1. The van der Waals surface area contributed by atoms with Crippen LogP contribution in [0.4, 0.5) is 0 Å². The molecule has 0 saturated heterocycles. The summed E-state index contributed by atoms with van der Waals surface area (Å²) in [7, 11) is 0. The molecule has 0 aliphatic carbocycles. The monoisotopic (exact) mass is 295 g/mol. The highest BCUT2D eigenvalue weighted by Gasteiger charge is 2.12. The first-order valence-electron chi connectivity index (χ1n) is 7.12. The second-order valence-electron chi connectivity index (χ2n) is 5.15. The van der Waals surface area contributed by atoms with Crippen LogP contribution in [0.2, 0.25) is 0 Å². The number of aryl methyl sites for hydroxylation is 1. The summed E-state index contributed by atoms with van der Waals surface area (Å²) < 4.78 is 10.6. The first-order valence-corrected chi connectivity index (χ1v) is 7.12. The van der Waals surface area contributed by atoms with Gasteiger partial charge in [-0.2, -0.15) is 0 Å². The number of carbonyl (C=O) groups is 1. The Hall–Kier alpha value is -2.75. The average Bonchev–Trinajstić information content (AvgIpc) is 3.00. The molecule has 1 amide bonds. The summed E-state index contributed by atoms with van der Waals surface area (Å²) >= 11 is 0. The second kappa shape index (κ2) is 6.35. The maximum absolute atomic E-state index is 11.8. The molecule has 0 atom stereocenters.